The lowest BCUT2D eigenvalue weighted by molar-refractivity contribution is 0.141. The summed E-state index contributed by atoms with van der Waals surface area (Å²) in [5.41, 5.74) is -0.731. The average Bonchev–Trinajstić information content (AvgIpc) is 2.10. The number of nitrogens with zero attached hydrogens (tertiary/aromatic N) is 2. The molecule has 0 amide bonds. The zero-order valence-electron chi connectivity index (χ0n) is 6.84. The molecule has 0 aliphatic rings. The highest BCUT2D eigenvalue weighted by atomic mass is 35.5. The molecule has 0 bridgehead atoms. The SMILES string of the molecule is N#CCc1cc(Cl)nc(C(F)F)c1O. The summed E-state index contributed by atoms with van der Waals surface area (Å²) >= 11 is 5.44. The molecule has 0 radical (unpaired) electrons. The number of halogens is 3. The maximum atomic E-state index is 12.3. The highest BCUT2D eigenvalue weighted by Gasteiger charge is 2.18. The van der Waals surface area contributed by atoms with Gasteiger partial charge in [0.15, 0.2) is 0 Å². The summed E-state index contributed by atoms with van der Waals surface area (Å²) in [5.74, 6) is -0.661. The zero-order chi connectivity index (χ0) is 10.7. The summed E-state index contributed by atoms with van der Waals surface area (Å²) in [5, 5.41) is 17.5. The van der Waals surface area contributed by atoms with Gasteiger partial charge in [0.25, 0.3) is 6.43 Å². The van der Waals surface area contributed by atoms with Crippen molar-refractivity contribution in [2.24, 2.45) is 0 Å². The molecule has 1 heterocycles. The second-order valence-electron chi connectivity index (χ2n) is 2.47. The second-order valence-corrected chi connectivity index (χ2v) is 2.86. The lowest BCUT2D eigenvalue weighted by atomic mass is 10.1. The summed E-state index contributed by atoms with van der Waals surface area (Å²) < 4.78 is 24.5. The molecule has 1 N–H and O–H groups in total. The largest absolute Gasteiger partial charge is 0.505 e. The summed E-state index contributed by atoms with van der Waals surface area (Å²) in [7, 11) is 0. The Bertz CT molecular complexity index is 390. The number of nitriles is 1. The lowest BCUT2D eigenvalue weighted by Crippen LogP contribution is -1.95. The predicted octanol–water partition coefficient (Wildman–Crippen LogP) is 2.44. The Hall–Kier alpha value is -1.41. The van der Waals surface area contributed by atoms with Gasteiger partial charge in [0.05, 0.1) is 12.5 Å². The van der Waals surface area contributed by atoms with Gasteiger partial charge in [-0.2, -0.15) is 5.26 Å². The number of aromatic nitrogens is 1. The van der Waals surface area contributed by atoms with Gasteiger partial charge in [-0.1, -0.05) is 11.6 Å². The van der Waals surface area contributed by atoms with E-state index >= 15 is 0 Å². The van der Waals surface area contributed by atoms with Crippen LogP contribution in [0.4, 0.5) is 8.78 Å². The summed E-state index contributed by atoms with van der Waals surface area (Å²) in [6, 6.07) is 2.91. The van der Waals surface area contributed by atoms with Crippen molar-refractivity contribution in [2.75, 3.05) is 0 Å². The molecule has 1 aromatic heterocycles. The van der Waals surface area contributed by atoms with Crippen LogP contribution in [0.3, 0.4) is 0 Å². The average molecular weight is 219 g/mol. The lowest BCUT2D eigenvalue weighted by Gasteiger charge is -2.06. The fraction of sp³-hybridized carbons (Fsp3) is 0.250. The smallest absolute Gasteiger partial charge is 0.284 e. The first-order valence-electron chi connectivity index (χ1n) is 3.59. The van der Waals surface area contributed by atoms with Gasteiger partial charge in [0.2, 0.25) is 0 Å². The van der Waals surface area contributed by atoms with Crippen molar-refractivity contribution in [2.45, 2.75) is 12.8 Å². The van der Waals surface area contributed by atoms with Crippen LogP contribution in [0.5, 0.6) is 5.75 Å². The van der Waals surface area contributed by atoms with Gasteiger partial charge < -0.3 is 5.11 Å². The van der Waals surface area contributed by atoms with Crippen LogP contribution >= 0.6 is 11.6 Å². The Morgan fingerprint density at radius 3 is 2.79 bits per heavy atom. The van der Waals surface area contributed by atoms with Crippen LogP contribution in [0.15, 0.2) is 6.07 Å². The zero-order valence-corrected chi connectivity index (χ0v) is 7.59. The minimum absolute atomic E-state index is 0.0581. The molecule has 0 saturated heterocycles. The molecule has 0 aromatic carbocycles. The van der Waals surface area contributed by atoms with E-state index in [4.69, 9.17) is 16.9 Å². The van der Waals surface area contributed by atoms with Gasteiger partial charge in [-0.25, -0.2) is 13.8 Å². The topological polar surface area (TPSA) is 56.9 Å². The van der Waals surface area contributed by atoms with E-state index in [2.05, 4.69) is 4.98 Å². The van der Waals surface area contributed by atoms with Gasteiger partial charge in [0.1, 0.15) is 16.6 Å². The first-order chi connectivity index (χ1) is 6.56. The van der Waals surface area contributed by atoms with Crippen LogP contribution in [0.2, 0.25) is 5.15 Å². The first-order valence-corrected chi connectivity index (χ1v) is 3.97. The number of rotatable bonds is 2. The molecular formula is C8H5ClF2N2O. The van der Waals surface area contributed by atoms with Crippen molar-refractivity contribution < 1.29 is 13.9 Å². The third-order valence-corrected chi connectivity index (χ3v) is 1.74. The van der Waals surface area contributed by atoms with Gasteiger partial charge in [-0.15, -0.1) is 0 Å². The molecule has 1 aromatic rings. The van der Waals surface area contributed by atoms with Gasteiger partial charge in [-0.05, 0) is 6.07 Å². The number of hydrogen-bond donors (Lipinski definition) is 1. The van der Waals surface area contributed by atoms with E-state index in [-0.39, 0.29) is 17.1 Å². The quantitative estimate of drug-likeness (QED) is 0.776. The van der Waals surface area contributed by atoms with Gasteiger partial charge >= 0.3 is 0 Å². The van der Waals surface area contributed by atoms with E-state index in [1.165, 1.54) is 6.07 Å². The fourth-order valence-electron chi connectivity index (χ4n) is 0.949. The maximum absolute atomic E-state index is 12.3. The van der Waals surface area contributed by atoms with Crippen LogP contribution in [-0.4, -0.2) is 10.1 Å². The fourth-order valence-corrected chi connectivity index (χ4v) is 1.17. The Kier molecular flexibility index (Phi) is 3.20. The Labute approximate surface area is 83.6 Å². The molecule has 0 aliphatic heterocycles. The monoisotopic (exact) mass is 218 g/mol. The summed E-state index contributed by atoms with van der Waals surface area (Å²) in [4.78, 5) is 3.27. The molecule has 1 rings (SSSR count). The van der Waals surface area contributed by atoms with Crippen LogP contribution in [0.25, 0.3) is 0 Å². The third kappa shape index (κ3) is 2.09. The molecule has 0 atom stereocenters. The number of pyridine rings is 1. The first kappa shape index (κ1) is 10.7. The minimum atomic E-state index is -2.91. The number of aromatic hydroxyl groups is 1. The Morgan fingerprint density at radius 1 is 1.64 bits per heavy atom. The number of hydrogen-bond acceptors (Lipinski definition) is 3. The van der Waals surface area contributed by atoms with Crippen molar-refractivity contribution in [3.63, 3.8) is 0 Å². The van der Waals surface area contributed by atoms with E-state index in [1.54, 1.807) is 6.07 Å². The van der Waals surface area contributed by atoms with Crippen LogP contribution in [0.1, 0.15) is 17.7 Å². The van der Waals surface area contributed by atoms with Crippen molar-refractivity contribution in [3.05, 3.63) is 22.5 Å². The molecule has 0 spiro atoms. The van der Waals surface area contributed by atoms with E-state index < -0.39 is 17.9 Å². The standard InChI is InChI=1S/C8H5ClF2N2O/c9-5-3-4(1-2-12)7(14)6(13-5)8(10)11/h3,8,14H,1H2. The number of alkyl halides is 2. The molecule has 74 valence electrons. The highest BCUT2D eigenvalue weighted by molar-refractivity contribution is 6.29. The molecule has 6 heteroatoms. The van der Waals surface area contributed by atoms with E-state index in [9.17, 15) is 13.9 Å². The van der Waals surface area contributed by atoms with Crippen molar-refractivity contribution in [1.29, 1.82) is 5.26 Å². The molecule has 0 aliphatic carbocycles. The van der Waals surface area contributed by atoms with Crippen molar-refractivity contribution in [3.8, 4) is 11.8 Å². The Morgan fingerprint density at radius 2 is 2.29 bits per heavy atom. The van der Waals surface area contributed by atoms with E-state index in [1.807, 2.05) is 0 Å². The molecular weight excluding hydrogens is 214 g/mol. The summed E-state index contributed by atoms with van der Waals surface area (Å²) in [6.07, 6.45) is -3.10. The highest BCUT2D eigenvalue weighted by Crippen LogP contribution is 2.31. The van der Waals surface area contributed by atoms with Crippen LogP contribution < -0.4 is 0 Å². The third-order valence-electron chi connectivity index (χ3n) is 1.54. The van der Waals surface area contributed by atoms with Crippen molar-refractivity contribution in [1.82, 2.24) is 4.98 Å². The van der Waals surface area contributed by atoms with Gasteiger partial charge in [0, 0.05) is 5.56 Å². The van der Waals surface area contributed by atoms with E-state index in [0.717, 1.165) is 0 Å². The second kappa shape index (κ2) is 4.20. The van der Waals surface area contributed by atoms with Crippen LogP contribution in [-0.2, 0) is 6.42 Å². The summed E-state index contributed by atoms with van der Waals surface area (Å²) in [6.45, 7) is 0. The molecule has 0 unspecified atom stereocenters. The van der Waals surface area contributed by atoms with Crippen molar-refractivity contribution >= 4 is 11.6 Å². The molecule has 0 fully saturated rings. The minimum Gasteiger partial charge on any atom is -0.505 e. The van der Waals surface area contributed by atoms with E-state index in [0.29, 0.717) is 0 Å². The van der Waals surface area contributed by atoms with Gasteiger partial charge in [-0.3, -0.25) is 0 Å². The van der Waals surface area contributed by atoms with Crippen LogP contribution in [0, 0.1) is 11.3 Å². The predicted molar refractivity (Wildman–Crippen MR) is 45.2 cm³/mol. The molecule has 14 heavy (non-hydrogen) atoms. The Balaban J connectivity index is 3.26. The molecule has 3 nitrogen and oxygen atoms in total. The normalized spacial score (nSPS) is 10.2. The maximum Gasteiger partial charge on any atom is 0.284 e. The molecule has 0 saturated carbocycles.